The standard InChI is InChI=1S/C33H37N5O9/c1-31-13-16-18(37(3)4)12-17(35-30(46)36-29(45)15-10-8-7-9-11-15)22(39)19(16)23(40)21(31)27(43)33(47)26(42)20(28(34)44)24(41)25(38(5)6)32(33,2)14-31/h7-12,25,39-40,42,47H,13-14H2,1-6H3,(H2,34,44)(H2,35,36,45,46)/t25-,31+,32+,33-/m1/s1. The summed E-state index contributed by atoms with van der Waals surface area (Å²) in [5, 5.41) is 51.3. The molecule has 1 saturated carbocycles. The van der Waals surface area contributed by atoms with Crippen LogP contribution in [0.3, 0.4) is 0 Å². The van der Waals surface area contributed by atoms with Gasteiger partial charge in [-0.3, -0.25) is 29.4 Å². The molecule has 5 rings (SSSR count). The highest BCUT2D eigenvalue weighted by molar-refractivity contribution is 6.25. The van der Waals surface area contributed by atoms with Gasteiger partial charge < -0.3 is 36.4 Å². The van der Waals surface area contributed by atoms with Gasteiger partial charge in [-0.25, -0.2) is 4.79 Å². The van der Waals surface area contributed by atoms with E-state index in [1.54, 1.807) is 44.1 Å². The average Bonchev–Trinajstić information content (AvgIpc) is 2.96. The lowest BCUT2D eigenvalue weighted by Crippen LogP contribution is -2.72. The molecule has 0 heterocycles. The van der Waals surface area contributed by atoms with Crippen molar-refractivity contribution < 1.29 is 44.4 Å². The molecular formula is C33H37N5O9. The number of fused-ring (bicyclic) bond motifs is 3. The number of aromatic hydroxyl groups is 1. The second-order valence-corrected chi connectivity index (χ2v) is 13.2. The molecule has 0 unspecified atom stereocenters. The second-order valence-electron chi connectivity index (χ2n) is 13.2. The summed E-state index contributed by atoms with van der Waals surface area (Å²) in [5.74, 6) is -6.64. The van der Waals surface area contributed by atoms with E-state index in [1.165, 1.54) is 44.1 Å². The molecule has 4 amide bonds. The summed E-state index contributed by atoms with van der Waals surface area (Å²) >= 11 is 0. The topological polar surface area (TPSA) is 223 Å². The molecule has 0 radical (unpaired) electrons. The first-order chi connectivity index (χ1) is 21.8. The maximum Gasteiger partial charge on any atom is 0.326 e. The van der Waals surface area contributed by atoms with E-state index in [0.29, 0.717) is 11.3 Å². The Morgan fingerprint density at radius 1 is 1.00 bits per heavy atom. The molecule has 47 heavy (non-hydrogen) atoms. The number of hydrogen-bond donors (Lipinski definition) is 7. The van der Waals surface area contributed by atoms with Gasteiger partial charge in [0.2, 0.25) is 5.78 Å². The highest BCUT2D eigenvalue weighted by Crippen LogP contribution is 2.63. The molecule has 8 N–H and O–H groups in total. The highest BCUT2D eigenvalue weighted by atomic mass is 16.3. The van der Waals surface area contributed by atoms with E-state index in [0.717, 1.165) is 0 Å². The molecule has 14 heteroatoms. The third-order valence-corrected chi connectivity index (χ3v) is 9.60. The number of ketones is 2. The van der Waals surface area contributed by atoms with Crippen LogP contribution in [0.5, 0.6) is 5.75 Å². The first-order valence-electron chi connectivity index (χ1n) is 14.7. The Hall–Kier alpha value is -5.21. The van der Waals surface area contributed by atoms with Gasteiger partial charge in [0.1, 0.15) is 17.1 Å². The molecule has 14 nitrogen and oxygen atoms in total. The van der Waals surface area contributed by atoms with Crippen molar-refractivity contribution in [1.29, 1.82) is 0 Å². The quantitative estimate of drug-likeness (QED) is 0.183. The van der Waals surface area contributed by atoms with E-state index < -0.39 is 74.7 Å². The molecule has 0 bridgehead atoms. The number of imide groups is 1. The van der Waals surface area contributed by atoms with Gasteiger partial charge in [0.05, 0.1) is 17.3 Å². The van der Waals surface area contributed by atoms with E-state index in [2.05, 4.69) is 10.6 Å². The number of rotatable bonds is 5. The fraction of sp³-hybridized carbons (Fsp3) is 0.364. The molecule has 248 valence electrons. The monoisotopic (exact) mass is 647 g/mol. The van der Waals surface area contributed by atoms with Crippen molar-refractivity contribution in [3.63, 3.8) is 0 Å². The number of nitrogens with two attached hydrogens (primary N) is 1. The lowest BCUT2D eigenvalue weighted by Gasteiger charge is -2.59. The van der Waals surface area contributed by atoms with Crippen LogP contribution in [0.2, 0.25) is 0 Å². The summed E-state index contributed by atoms with van der Waals surface area (Å²) < 4.78 is 0. The van der Waals surface area contributed by atoms with Crippen LogP contribution in [0.4, 0.5) is 16.2 Å². The van der Waals surface area contributed by atoms with Crippen molar-refractivity contribution in [3.8, 4) is 5.75 Å². The number of likely N-dealkylation sites (N-methyl/N-ethyl adjacent to an activating group) is 1. The summed E-state index contributed by atoms with van der Waals surface area (Å²) in [5.41, 5.74) is -1.06. The zero-order chi connectivity index (χ0) is 35.0. The minimum atomic E-state index is -2.87. The number of hydrogen-bond acceptors (Lipinski definition) is 11. The molecule has 0 aliphatic heterocycles. The van der Waals surface area contributed by atoms with Gasteiger partial charge in [0, 0.05) is 41.7 Å². The van der Waals surface area contributed by atoms with E-state index in [1.807, 2.05) is 0 Å². The third-order valence-electron chi connectivity index (χ3n) is 9.60. The smallest absolute Gasteiger partial charge is 0.326 e. The largest absolute Gasteiger partial charge is 0.508 e. The lowest BCUT2D eigenvalue weighted by atomic mass is 9.46. The van der Waals surface area contributed by atoms with Crippen LogP contribution in [-0.4, -0.2) is 94.6 Å². The zero-order valence-electron chi connectivity index (χ0n) is 26.8. The average molecular weight is 648 g/mol. The lowest BCUT2D eigenvalue weighted by molar-refractivity contribution is -0.176. The number of nitrogens with zero attached hydrogens (tertiary/aromatic N) is 2. The molecular weight excluding hydrogens is 610 g/mol. The molecule has 0 spiro atoms. The Kier molecular flexibility index (Phi) is 7.73. The summed E-state index contributed by atoms with van der Waals surface area (Å²) in [6, 6.07) is 7.15. The number of carbonyl (C=O) groups is 5. The summed E-state index contributed by atoms with van der Waals surface area (Å²) in [7, 11) is 6.44. The van der Waals surface area contributed by atoms with Crippen LogP contribution in [0, 0.1) is 10.8 Å². The van der Waals surface area contributed by atoms with Gasteiger partial charge >= 0.3 is 6.03 Å². The summed E-state index contributed by atoms with van der Waals surface area (Å²) in [6.07, 6.45) is -0.121. The maximum absolute atomic E-state index is 14.5. The van der Waals surface area contributed by atoms with Crippen LogP contribution >= 0.6 is 0 Å². The number of phenolic OH excluding ortho intramolecular Hbond substituents is 1. The molecule has 0 aromatic heterocycles. The second kappa shape index (κ2) is 11.0. The summed E-state index contributed by atoms with van der Waals surface area (Å²) in [6.45, 7) is 3.12. The maximum atomic E-state index is 14.5. The Morgan fingerprint density at radius 3 is 2.17 bits per heavy atom. The van der Waals surface area contributed by atoms with Crippen molar-refractivity contribution in [2.24, 2.45) is 16.6 Å². The van der Waals surface area contributed by atoms with Crippen LogP contribution < -0.4 is 21.3 Å². The molecule has 3 aliphatic carbocycles. The fourth-order valence-corrected chi connectivity index (χ4v) is 7.78. The number of urea groups is 1. The highest BCUT2D eigenvalue weighted by Gasteiger charge is 2.72. The predicted molar refractivity (Wildman–Crippen MR) is 171 cm³/mol. The van der Waals surface area contributed by atoms with Crippen molar-refractivity contribution >= 4 is 46.5 Å². The van der Waals surface area contributed by atoms with E-state index in [9.17, 15) is 44.4 Å². The van der Waals surface area contributed by atoms with E-state index in [-0.39, 0.29) is 35.2 Å². The number of nitrogens with one attached hydrogen (secondary N) is 2. The zero-order valence-corrected chi connectivity index (χ0v) is 26.8. The van der Waals surface area contributed by atoms with E-state index >= 15 is 0 Å². The summed E-state index contributed by atoms with van der Waals surface area (Å²) in [4.78, 5) is 68.9. The number of amides is 4. The van der Waals surface area contributed by atoms with Gasteiger partial charge in [-0.05, 0) is 50.7 Å². The van der Waals surface area contributed by atoms with Crippen LogP contribution in [0.1, 0.15) is 41.8 Å². The van der Waals surface area contributed by atoms with Crippen molar-refractivity contribution in [1.82, 2.24) is 10.2 Å². The third kappa shape index (κ3) is 4.66. The molecule has 4 atom stereocenters. The van der Waals surface area contributed by atoms with Crippen molar-refractivity contribution in [2.75, 3.05) is 38.4 Å². The number of aliphatic hydroxyl groups is 3. The number of Topliss-reactive ketones (excluding diaryl/α,β-unsaturated/α-hetero) is 2. The minimum Gasteiger partial charge on any atom is -0.508 e. The number of primary amides is 1. The molecule has 2 aromatic rings. The fourth-order valence-electron chi connectivity index (χ4n) is 7.78. The van der Waals surface area contributed by atoms with Crippen molar-refractivity contribution in [2.45, 2.75) is 38.3 Å². The Bertz CT molecular complexity index is 1830. The van der Waals surface area contributed by atoms with Crippen LogP contribution in [0.15, 0.2) is 53.3 Å². The molecule has 1 fully saturated rings. The first-order valence-corrected chi connectivity index (χ1v) is 14.7. The van der Waals surface area contributed by atoms with Crippen molar-refractivity contribution in [3.05, 3.63) is 70.0 Å². The van der Waals surface area contributed by atoms with Gasteiger partial charge in [0.15, 0.2) is 17.1 Å². The van der Waals surface area contributed by atoms with E-state index in [4.69, 9.17) is 5.73 Å². The predicted octanol–water partition coefficient (Wildman–Crippen LogP) is 1.77. The molecule has 3 aliphatic rings. The van der Waals surface area contributed by atoms with Gasteiger partial charge in [-0.2, -0.15) is 0 Å². The molecule has 0 saturated heterocycles. The Balaban J connectivity index is 1.68. The number of benzene rings is 2. The van der Waals surface area contributed by atoms with Crippen LogP contribution in [-0.2, 0) is 20.8 Å². The minimum absolute atomic E-state index is 0.0146. The van der Waals surface area contributed by atoms with Crippen LogP contribution in [0.25, 0.3) is 5.76 Å². The number of anilines is 2. The van der Waals surface area contributed by atoms with Gasteiger partial charge in [-0.1, -0.05) is 32.0 Å². The SMILES string of the molecule is CN(C)c1cc(NC(=O)NC(=O)c2ccccc2)c(O)c2c1C[C@@]1(C)C[C@@]3(C)[C@H](N(C)C)C(=O)C(C(N)=O)=C(O)[C@@]3(O)C(=O)C1=C2O. The normalized spacial score (nSPS) is 26.8. The Morgan fingerprint density at radius 2 is 1.62 bits per heavy atom. The van der Waals surface area contributed by atoms with Gasteiger partial charge in [0.25, 0.3) is 11.8 Å². The number of aliphatic hydroxyl groups excluding tert-OH is 2. The number of carbonyl (C=O) groups excluding carboxylic acids is 5. The first kappa shape index (κ1) is 33.2. The number of phenols is 1. The van der Waals surface area contributed by atoms with Gasteiger partial charge in [-0.15, -0.1) is 0 Å². The molecule has 2 aromatic carbocycles. The Labute approximate surface area is 270 Å².